The van der Waals surface area contributed by atoms with Crippen LogP contribution >= 0.6 is 0 Å². The van der Waals surface area contributed by atoms with E-state index in [1.807, 2.05) is 0 Å². The maximum atomic E-state index is 3.96. The number of rotatable bonds is 2. The molecule has 0 unspecified atom stereocenters. The molecule has 1 aromatic rings. The van der Waals surface area contributed by atoms with E-state index in [0.29, 0.717) is 5.92 Å². The Morgan fingerprint density at radius 1 is 1.31 bits per heavy atom. The molecule has 0 fully saturated rings. The van der Waals surface area contributed by atoms with Gasteiger partial charge in [-0.25, -0.2) is 5.10 Å². The number of H-pyrrole nitrogens is 1. The Bertz CT molecular complexity index is 310. The van der Waals surface area contributed by atoms with Crippen LogP contribution in [0.1, 0.15) is 38.9 Å². The fraction of sp³-hybridized carbons (Fsp3) is 0.667. The van der Waals surface area contributed by atoms with Crippen LogP contribution in [0.5, 0.6) is 0 Å². The summed E-state index contributed by atoms with van der Waals surface area (Å²) in [7, 11) is 0. The molecule has 0 amide bonds. The molecule has 70 valence electrons. The van der Waals surface area contributed by atoms with Gasteiger partial charge in [-0.15, -0.1) is 5.10 Å². The van der Waals surface area contributed by atoms with Crippen molar-refractivity contribution in [3.63, 3.8) is 0 Å². The summed E-state index contributed by atoms with van der Waals surface area (Å²) in [4.78, 5) is 0. The van der Waals surface area contributed by atoms with Gasteiger partial charge in [-0.1, -0.05) is 19.4 Å². The molecule has 4 heteroatoms. The first-order chi connectivity index (χ1) is 6.29. The predicted octanol–water partition coefficient (Wildman–Crippen LogP) is 1.79. The van der Waals surface area contributed by atoms with Crippen molar-refractivity contribution in [2.24, 2.45) is 5.92 Å². The third-order valence-electron chi connectivity index (χ3n) is 2.59. The van der Waals surface area contributed by atoms with Gasteiger partial charge in [-0.05, 0) is 41.2 Å². The Morgan fingerprint density at radius 3 is 2.77 bits per heavy atom. The Labute approximate surface area is 77.4 Å². The lowest BCUT2D eigenvalue weighted by atomic mass is 9.99. The zero-order valence-electron chi connectivity index (χ0n) is 8.04. The summed E-state index contributed by atoms with van der Waals surface area (Å²) in [6.07, 6.45) is 3.56. The average molecular weight is 178 g/mol. The topological polar surface area (TPSA) is 54.5 Å². The van der Waals surface area contributed by atoms with Gasteiger partial charge in [-0.3, -0.25) is 0 Å². The first kappa shape index (κ1) is 8.41. The average Bonchev–Trinajstić information content (AvgIpc) is 2.74. The van der Waals surface area contributed by atoms with E-state index in [0.717, 1.165) is 12.2 Å². The third kappa shape index (κ3) is 1.48. The van der Waals surface area contributed by atoms with Crippen molar-refractivity contribution in [3.8, 4) is 0 Å². The minimum absolute atomic E-state index is 0.614. The number of nitrogens with zero attached hydrogens (tertiary/aromatic N) is 3. The monoisotopic (exact) mass is 178 g/mol. The molecule has 0 saturated carbocycles. The highest BCUT2D eigenvalue weighted by atomic mass is 15.5. The first-order valence-electron chi connectivity index (χ1n) is 4.75. The van der Waals surface area contributed by atoms with E-state index in [4.69, 9.17) is 0 Å². The van der Waals surface area contributed by atoms with E-state index < -0.39 is 0 Å². The smallest absolute Gasteiger partial charge is 0.175 e. The van der Waals surface area contributed by atoms with Crippen LogP contribution in [0.2, 0.25) is 0 Å². The highest BCUT2D eigenvalue weighted by Gasteiger charge is 2.20. The predicted molar refractivity (Wildman–Crippen MR) is 49.8 cm³/mol. The lowest BCUT2D eigenvalue weighted by Crippen LogP contribution is -1.95. The Balaban J connectivity index is 2.36. The summed E-state index contributed by atoms with van der Waals surface area (Å²) in [6, 6.07) is 0. The standard InChI is InChI=1S/C9H14N4/c1-6(2)7-4-3-5-8(7)9-10-12-13-11-9/h6H,3-5H2,1-2H3,(H,10,11,12,13). The van der Waals surface area contributed by atoms with Crippen molar-refractivity contribution in [3.05, 3.63) is 11.4 Å². The number of aromatic amines is 1. The highest BCUT2D eigenvalue weighted by Crippen LogP contribution is 2.35. The molecule has 1 N–H and O–H groups in total. The molecule has 2 rings (SSSR count). The SMILES string of the molecule is CC(C)C1=C(c2nnn[nH]2)CCC1. The van der Waals surface area contributed by atoms with Gasteiger partial charge in [0.1, 0.15) is 0 Å². The number of nitrogens with one attached hydrogen (secondary N) is 1. The molecule has 0 spiro atoms. The summed E-state index contributed by atoms with van der Waals surface area (Å²) in [5.41, 5.74) is 2.85. The van der Waals surface area contributed by atoms with Crippen molar-refractivity contribution < 1.29 is 0 Å². The normalized spacial score (nSPS) is 17.5. The number of allylic oxidation sites excluding steroid dienone is 2. The van der Waals surface area contributed by atoms with Gasteiger partial charge >= 0.3 is 0 Å². The van der Waals surface area contributed by atoms with Gasteiger partial charge in [0, 0.05) is 0 Å². The molecular weight excluding hydrogens is 164 g/mol. The lowest BCUT2D eigenvalue weighted by Gasteiger charge is -2.07. The minimum Gasteiger partial charge on any atom is -0.239 e. The van der Waals surface area contributed by atoms with Gasteiger partial charge < -0.3 is 0 Å². The maximum absolute atomic E-state index is 3.96. The fourth-order valence-corrected chi connectivity index (χ4v) is 1.96. The largest absolute Gasteiger partial charge is 0.239 e. The third-order valence-corrected chi connectivity index (χ3v) is 2.59. The summed E-state index contributed by atoms with van der Waals surface area (Å²) >= 11 is 0. The van der Waals surface area contributed by atoms with Crippen LogP contribution in [-0.4, -0.2) is 20.6 Å². The number of hydrogen-bond donors (Lipinski definition) is 1. The van der Waals surface area contributed by atoms with Crippen molar-refractivity contribution in [1.29, 1.82) is 0 Å². The van der Waals surface area contributed by atoms with Gasteiger partial charge in [0.05, 0.1) is 0 Å². The number of aromatic nitrogens is 4. The molecule has 0 atom stereocenters. The highest BCUT2D eigenvalue weighted by molar-refractivity contribution is 5.65. The number of hydrogen-bond acceptors (Lipinski definition) is 3. The molecule has 4 nitrogen and oxygen atoms in total. The van der Waals surface area contributed by atoms with E-state index in [9.17, 15) is 0 Å². The Morgan fingerprint density at radius 2 is 2.15 bits per heavy atom. The second-order valence-corrected chi connectivity index (χ2v) is 3.76. The molecule has 0 radical (unpaired) electrons. The molecule has 1 heterocycles. The fourth-order valence-electron chi connectivity index (χ4n) is 1.96. The molecule has 0 bridgehead atoms. The summed E-state index contributed by atoms with van der Waals surface area (Å²) in [5, 5.41) is 14.0. The summed E-state index contributed by atoms with van der Waals surface area (Å²) in [6.45, 7) is 4.45. The molecule has 1 aromatic heterocycles. The quantitative estimate of drug-likeness (QED) is 0.751. The first-order valence-corrected chi connectivity index (χ1v) is 4.75. The molecule has 13 heavy (non-hydrogen) atoms. The molecule has 0 saturated heterocycles. The van der Waals surface area contributed by atoms with E-state index in [-0.39, 0.29) is 0 Å². The van der Waals surface area contributed by atoms with Gasteiger partial charge in [0.2, 0.25) is 0 Å². The molecule has 1 aliphatic carbocycles. The van der Waals surface area contributed by atoms with Crippen LogP contribution in [-0.2, 0) is 0 Å². The van der Waals surface area contributed by atoms with Crippen LogP contribution in [0.25, 0.3) is 5.57 Å². The van der Waals surface area contributed by atoms with Crippen molar-refractivity contribution in [2.75, 3.05) is 0 Å². The van der Waals surface area contributed by atoms with Gasteiger partial charge in [-0.2, -0.15) is 0 Å². The zero-order valence-corrected chi connectivity index (χ0v) is 8.04. The molecule has 0 aliphatic heterocycles. The zero-order chi connectivity index (χ0) is 9.26. The van der Waals surface area contributed by atoms with E-state index >= 15 is 0 Å². The van der Waals surface area contributed by atoms with Crippen molar-refractivity contribution in [2.45, 2.75) is 33.1 Å². The molecule has 1 aliphatic rings. The second-order valence-electron chi connectivity index (χ2n) is 3.76. The van der Waals surface area contributed by atoms with Gasteiger partial charge in [0.15, 0.2) is 5.82 Å². The molecular formula is C9H14N4. The van der Waals surface area contributed by atoms with E-state index in [1.54, 1.807) is 0 Å². The van der Waals surface area contributed by atoms with Crippen molar-refractivity contribution >= 4 is 5.57 Å². The van der Waals surface area contributed by atoms with Crippen LogP contribution in [0.15, 0.2) is 5.57 Å². The lowest BCUT2D eigenvalue weighted by molar-refractivity contribution is 0.726. The van der Waals surface area contributed by atoms with Crippen molar-refractivity contribution in [1.82, 2.24) is 20.6 Å². The van der Waals surface area contributed by atoms with E-state index in [2.05, 4.69) is 34.5 Å². The number of tetrazole rings is 1. The Kier molecular flexibility index (Phi) is 2.12. The molecule has 0 aromatic carbocycles. The summed E-state index contributed by atoms with van der Waals surface area (Å²) in [5.74, 6) is 1.48. The van der Waals surface area contributed by atoms with Gasteiger partial charge in [0.25, 0.3) is 0 Å². The van der Waals surface area contributed by atoms with Crippen LogP contribution in [0.3, 0.4) is 0 Å². The van der Waals surface area contributed by atoms with E-state index in [1.165, 1.54) is 24.0 Å². The maximum Gasteiger partial charge on any atom is 0.175 e. The van der Waals surface area contributed by atoms with Crippen LogP contribution in [0, 0.1) is 5.92 Å². The second kappa shape index (κ2) is 3.28. The van der Waals surface area contributed by atoms with Crippen LogP contribution < -0.4 is 0 Å². The minimum atomic E-state index is 0.614. The van der Waals surface area contributed by atoms with Crippen LogP contribution in [0.4, 0.5) is 0 Å². The summed E-state index contributed by atoms with van der Waals surface area (Å²) < 4.78 is 0. The Hall–Kier alpha value is -1.19.